The first-order valence-corrected chi connectivity index (χ1v) is 5.81. The molecule has 0 amide bonds. The van der Waals surface area contributed by atoms with Gasteiger partial charge in [-0.2, -0.15) is 28.2 Å². The van der Waals surface area contributed by atoms with E-state index >= 15 is 0 Å². The second-order valence-corrected chi connectivity index (χ2v) is 4.14. The van der Waals surface area contributed by atoms with E-state index in [1.54, 1.807) is 0 Å². The summed E-state index contributed by atoms with van der Waals surface area (Å²) in [6.45, 7) is -1.53. The average molecular weight is 300 g/mol. The third-order valence-corrected chi connectivity index (χ3v) is 2.47. The molecule has 0 bridgehead atoms. The van der Waals surface area contributed by atoms with E-state index in [0.717, 1.165) is 0 Å². The van der Waals surface area contributed by atoms with Gasteiger partial charge in [-0.1, -0.05) is 0 Å². The van der Waals surface area contributed by atoms with Crippen LogP contribution in [0.15, 0.2) is 30.6 Å². The van der Waals surface area contributed by atoms with E-state index in [-0.39, 0.29) is 29.3 Å². The molecule has 1 aromatic carbocycles. The van der Waals surface area contributed by atoms with Crippen LogP contribution >= 0.6 is 0 Å². The predicted octanol–water partition coefficient (Wildman–Crippen LogP) is 1.68. The highest BCUT2D eigenvalue weighted by molar-refractivity contribution is 5.96. The molecule has 9 heteroatoms. The van der Waals surface area contributed by atoms with Gasteiger partial charge in [0.2, 0.25) is 0 Å². The van der Waals surface area contributed by atoms with Crippen LogP contribution in [0.5, 0.6) is 5.75 Å². The number of hydrogen-bond acceptors (Lipinski definition) is 5. The lowest BCUT2D eigenvalue weighted by Crippen LogP contribution is -2.20. The quantitative estimate of drug-likeness (QED) is 0.671. The maximum absolute atomic E-state index is 12.1. The number of carbonyl (C=O) groups is 1. The molecule has 2 N–H and O–H groups in total. The van der Waals surface area contributed by atoms with Gasteiger partial charge in [-0.05, 0) is 18.2 Å². The largest absolute Gasteiger partial charge is 0.482 e. The van der Waals surface area contributed by atoms with Crippen molar-refractivity contribution in [1.29, 1.82) is 0 Å². The van der Waals surface area contributed by atoms with Gasteiger partial charge in [0.25, 0.3) is 0 Å². The topological polar surface area (TPSA) is 83.0 Å². The third kappa shape index (κ3) is 4.20. The maximum Gasteiger partial charge on any atom is 0.422 e. The van der Waals surface area contributed by atoms with Crippen molar-refractivity contribution >= 4 is 11.5 Å². The van der Waals surface area contributed by atoms with Crippen LogP contribution in [0.1, 0.15) is 10.4 Å². The number of hydrogen-bond donors (Lipinski definition) is 1. The van der Waals surface area contributed by atoms with Crippen LogP contribution in [0.25, 0.3) is 0 Å². The fourth-order valence-electron chi connectivity index (χ4n) is 1.56. The number of nitrogens with two attached hydrogens (primary N) is 1. The van der Waals surface area contributed by atoms with Crippen LogP contribution in [0.2, 0.25) is 0 Å². The van der Waals surface area contributed by atoms with Gasteiger partial charge in [-0.25, -0.2) is 0 Å². The Balaban J connectivity index is 2.06. The van der Waals surface area contributed by atoms with E-state index in [1.165, 1.54) is 35.4 Å². The Hall–Kier alpha value is -2.58. The van der Waals surface area contributed by atoms with E-state index in [9.17, 15) is 18.0 Å². The summed E-state index contributed by atoms with van der Waals surface area (Å²) >= 11 is 0. The van der Waals surface area contributed by atoms with Gasteiger partial charge in [0, 0.05) is 5.56 Å². The minimum Gasteiger partial charge on any atom is -0.482 e. The molecule has 0 unspecified atom stereocenters. The van der Waals surface area contributed by atoms with Crippen molar-refractivity contribution in [2.24, 2.45) is 0 Å². The van der Waals surface area contributed by atoms with Gasteiger partial charge in [0.1, 0.15) is 12.3 Å². The molecule has 2 aromatic rings. The second-order valence-electron chi connectivity index (χ2n) is 4.14. The molecule has 0 aliphatic carbocycles. The zero-order valence-electron chi connectivity index (χ0n) is 10.7. The first-order valence-electron chi connectivity index (χ1n) is 5.81. The molecule has 1 aromatic heterocycles. The first kappa shape index (κ1) is 14.8. The predicted molar refractivity (Wildman–Crippen MR) is 66.8 cm³/mol. The molecular weight excluding hydrogens is 289 g/mol. The van der Waals surface area contributed by atoms with Crippen molar-refractivity contribution in [3.63, 3.8) is 0 Å². The molecule has 0 radical (unpaired) electrons. The molecule has 0 aliphatic rings. The van der Waals surface area contributed by atoms with Crippen LogP contribution in [-0.4, -0.2) is 33.6 Å². The summed E-state index contributed by atoms with van der Waals surface area (Å²) < 4.78 is 40.7. The normalized spacial score (nSPS) is 11.4. The SMILES string of the molecule is Nc1cc(C(=O)Cn2nccn2)ccc1OCC(F)(F)F. The molecule has 0 saturated carbocycles. The van der Waals surface area contributed by atoms with Gasteiger partial charge < -0.3 is 10.5 Å². The molecule has 1 heterocycles. The Morgan fingerprint density at radius 1 is 1.29 bits per heavy atom. The van der Waals surface area contributed by atoms with Crippen molar-refractivity contribution in [2.75, 3.05) is 12.3 Å². The third-order valence-electron chi connectivity index (χ3n) is 2.47. The van der Waals surface area contributed by atoms with E-state index in [1.807, 2.05) is 0 Å². The molecule has 0 fully saturated rings. The summed E-state index contributed by atoms with van der Waals surface area (Å²) in [7, 11) is 0. The number of carbonyl (C=O) groups excluding carboxylic acids is 1. The molecule has 0 spiro atoms. The Morgan fingerprint density at radius 3 is 2.52 bits per heavy atom. The number of nitrogen functional groups attached to an aromatic ring is 1. The Labute approximate surface area is 117 Å². The zero-order chi connectivity index (χ0) is 15.5. The maximum atomic E-state index is 12.1. The minimum atomic E-state index is -4.45. The van der Waals surface area contributed by atoms with Gasteiger partial charge in [0.05, 0.1) is 18.1 Å². The molecule has 0 aliphatic heterocycles. The van der Waals surface area contributed by atoms with Crippen molar-refractivity contribution < 1.29 is 22.7 Å². The van der Waals surface area contributed by atoms with Gasteiger partial charge >= 0.3 is 6.18 Å². The van der Waals surface area contributed by atoms with Crippen LogP contribution in [0, 0.1) is 0 Å². The smallest absolute Gasteiger partial charge is 0.422 e. The molecular formula is C12H11F3N4O2. The fourth-order valence-corrected chi connectivity index (χ4v) is 1.56. The summed E-state index contributed by atoms with van der Waals surface area (Å²) in [5, 5.41) is 7.56. The van der Waals surface area contributed by atoms with E-state index in [2.05, 4.69) is 14.9 Å². The number of rotatable bonds is 5. The Bertz CT molecular complexity index is 626. The van der Waals surface area contributed by atoms with Crippen molar-refractivity contribution in [1.82, 2.24) is 15.0 Å². The van der Waals surface area contributed by atoms with Crippen molar-refractivity contribution in [2.45, 2.75) is 12.7 Å². The first-order chi connectivity index (χ1) is 9.85. The van der Waals surface area contributed by atoms with Gasteiger partial charge in [-0.3, -0.25) is 4.79 Å². The monoisotopic (exact) mass is 300 g/mol. The highest BCUT2D eigenvalue weighted by Crippen LogP contribution is 2.25. The lowest BCUT2D eigenvalue weighted by atomic mass is 10.1. The standard InChI is InChI=1S/C12H11F3N4O2/c13-12(14,15)7-21-11-2-1-8(5-9(11)16)10(20)6-19-17-3-4-18-19/h1-5H,6-7,16H2. The minimum absolute atomic E-state index is 0.0430. The van der Waals surface area contributed by atoms with Crippen LogP contribution in [-0.2, 0) is 6.54 Å². The summed E-state index contributed by atoms with van der Waals surface area (Å²) in [4.78, 5) is 13.1. The van der Waals surface area contributed by atoms with Gasteiger partial charge in [-0.15, -0.1) is 0 Å². The summed E-state index contributed by atoms with van der Waals surface area (Å²) in [6, 6.07) is 3.83. The molecule has 112 valence electrons. The number of ketones is 1. The summed E-state index contributed by atoms with van der Waals surface area (Å²) in [6.07, 6.45) is -1.60. The number of halogens is 3. The summed E-state index contributed by atoms with van der Waals surface area (Å²) in [5.41, 5.74) is 5.78. The van der Waals surface area contributed by atoms with Crippen molar-refractivity contribution in [3.05, 3.63) is 36.2 Å². The lowest BCUT2D eigenvalue weighted by Gasteiger charge is -2.11. The van der Waals surface area contributed by atoms with Crippen LogP contribution < -0.4 is 10.5 Å². The number of benzene rings is 1. The number of aromatic nitrogens is 3. The average Bonchev–Trinajstić information content (AvgIpc) is 2.89. The van der Waals surface area contributed by atoms with E-state index in [4.69, 9.17) is 5.73 Å². The molecule has 2 rings (SSSR count). The van der Waals surface area contributed by atoms with Crippen molar-refractivity contribution in [3.8, 4) is 5.75 Å². The second kappa shape index (κ2) is 5.81. The number of alkyl halides is 3. The number of ether oxygens (including phenoxy) is 1. The van der Waals surface area contributed by atoms with Gasteiger partial charge in [0.15, 0.2) is 12.4 Å². The number of anilines is 1. The number of Topliss-reactive ketones (excluding diaryl/α,β-unsaturated/α-hetero) is 1. The molecule has 0 atom stereocenters. The zero-order valence-corrected chi connectivity index (χ0v) is 10.7. The Morgan fingerprint density at radius 2 is 1.95 bits per heavy atom. The van der Waals surface area contributed by atoms with E-state index < -0.39 is 12.8 Å². The highest BCUT2D eigenvalue weighted by atomic mass is 19.4. The van der Waals surface area contributed by atoms with Crippen LogP contribution in [0.4, 0.5) is 18.9 Å². The summed E-state index contributed by atoms with van der Waals surface area (Å²) in [5.74, 6) is -0.443. The highest BCUT2D eigenvalue weighted by Gasteiger charge is 2.28. The number of nitrogens with zero attached hydrogens (tertiary/aromatic N) is 3. The molecule has 0 saturated heterocycles. The fraction of sp³-hybridized carbons (Fsp3) is 0.250. The molecule has 21 heavy (non-hydrogen) atoms. The van der Waals surface area contributed by atoms with Crippen LogP contribution in [0.3, 0.4) is 0 Å². The Kier molecular flexibility index (Phi) is 4.10. The lowest BCUT2D eigenvalue weighted by molar-refractivity contribution is -0.153. The van der Waals surface area contributed by atoms with E-state index in [0.29, 0.717) is 0 Å². The molecule has 6 nitrogen and oxygen atoms in total.